The first-order valence-electron chi connectivity index (χ1n) is 14.5. The molecule has 1 aromatic carbocycles. The Balaban J connectivity index is 2.95. The highest BCUT2D eigenvalue weighted by Gasteiger charge is 2.31. The molecule has 0 saturated heterocycles. The van der Waals surface area contributed by atoms with Crippen molar-refractivity contribution >= 4 is 47.3 Å². The van der Waals surface area contributed by atoms with Gasteiger partial charge in [-0.05, 0) is 31.7 Å². The maximum Gasteiger partial charge on any atom is 0.326 e. The van der Waals surface area contributed by atoms with Gasteiger partial charge in [-0.25, -0.2) is 4.79 Å². The van der Waals surface area contributed by atoms with E-state index in [1.54, 1.807) is 44.2 Å². The van der Waals surface area contributed by atoms with Crippen LogP contribution in [0.4, 0.5) is 0 Å². The SMILES string of the molecule is CC(C)C[C@H](NC(=O)[C@@H](N)CC(N)=O)C(=O)N[C@@H](C)C(=O)N[C@@H](C)C(=O)N[C@@H](Cc1ccccc1)C(=O)N[C@@H](CC(N)=O)C(=O)O. The van der Waals surface area contributed by atoms with Gasteiger partial charge in [-0.3, -0.25) is 33.6 Å². The van der Waals surface area contributed by atoms with Crippen molar-refractivity contribution in [1.82, 2.24) is 26.6 Å². The minimum absolute atomic E-state index is 0.0551. The van der Waals surface area contributed by atoms with Crippen LogP contribution < -0.4 is 43.8 Å². The van der Waals surface area contributed by atoms with Gasteiger partial charge < -0.3 is 48.9 Å². The molecule has 1 rings (SSSR count). The first kappa shape index (κ1) is 39.0. The number of carboxylic acids is 1. The summed E-state index contributed by atoms with van der Waals surface area (Å²) in [5.41, 5.74) is 16.4. The minimum Gasteiger partial charge on any atom is -0.480 e. The maximum absolute atomic E-state index is 13.0. The fourth-order valence-corrected chi connectivity index (χ4v) is 4.10. The van der Waals surface area contributed by atoms with Gasteiger partial charge in [0.25, 0.3) is 0 Å². The van der Waals surface area contributed by atoms with E-state index in [2.05, 4.69) is 26.6 Å². The van der Waals surface area contributed by atoms with Crippen molar-refractivity contribution in [2.45, 2.75) is 89.6 Å². The molecule has 0 saturated carbocycles. The Kier molecular flexibility index (Phi) is 15.8. The van der Waals surface area contributed by atoms with Gasteiger partial charge in [0, 0.05) is 6.42 Å². The van der Waals surface area contributed by atoms with E-state index in [9.17, 15) is 43.5 Å². The summed E-state index contributed by atoms with van der Waals surface area (Å²) in [4.78, 5) is 98.2. The van der Waals surface area contributed by atoms with Crippen molar-refractivity contribution in [3.05, 3.63) is 35.9 Å². The third kappa shape index (κ3) is 14.1. The van der Waals surface area contributed by atoms with Crippen molar-refractivity contribution in [3.8, 4) is 0 Å². The lowest BCUT2D eigenvalue weighted by molar-refractivity contribution is -0.143. The molecule has 46 heavy (non-hydrogen) atoms. The largest absolute Gasteiger partial charge is 0.480 e. The molecule has 0 radical (unpaired) electrons. The number of nitrogens with two attached hydrogens (primary N) is 3. The Labute approximate surface area is 266 Å². The summed E-state index contributed by atoms with van der Waals surface area (Å²) in [6.45, 7) is 6.28. The van der Waals surface area contributed by atoms with E-state index < -0.39 is 96.4 Å². The highest BCUT2D eigenvalue weighted by Crippen LogP contribution is 2.07. The van der Waals surface area contributed by atoms with Crippen LogP contribution in [0, 0.1) is 5.92 Å². The molecule has 0 aromatic heterocycles. The molecule has 6 atom stereocenters. The molecule has 17 heteroatoms. The van der Waals surface area contributed by atoms with E-state index in [1.165, 1.54) is 13.8 Å². The second-order valence-electron chi connectivity index (χ2n) is 11.2. The summed E-state index contributed by atoms with van der Waals surface area (Å²) in [6, 6.07) is 0.789. The molecule has 0 aliphatic carbocycles. The zero-order valence-corrected chi connectivity index (χ0v) is 26.2. The third-order valence-electron chi connectivity index (χ3n) is 6.54. The van der Waals surface area contributed by atoms with Gasteiger partial charge in [0.2, 0.25) is 41.4 Å². The lowest BCUT2D eigenvalue weighted by Gasteiger charge is -2.25. The van der Waals surface area contributed by atoms with Gasteiger partial charge >= 0.3 is 5.97 Å². The van der Waals surface area contributed by atoms with Crippen molar-refractivity contribution in [3.63, 3.8) is 0 Å². The number of rotatable bonds is 19. The lowest BCUT2D eigenvalue weighted by Crippen LogP contribution is -2.58. The van der Waals surface area contributed by atoms with Crippen LogP contribution in [0.15, 0.2) is 30.3 Å². The normalized spacial score (nSPS) is 14.7. The van der Waals surface area contributed by atoms with E-state index in [1.807, 2.05) is 0 Å². The Bertz CT molecular complexity index is 1270. The van der Waals surface area contributed by atoms with Gasteiger partial charge in [0.05, 0.1) is 18.9 Å². The highest BCUT2D eigenvalue weighted by molar-refractivity contribution is 5.97. The topological polar surface area (TPSA) is 295 Å². The number of carbonyl (C=O) groups excluding carboxylic acids is 7. The molecule has 17 nitrogen and oxygen atoms in total. The molecule has 0 bridgehead atoms. The molecular weight excluding hydrogens is 604 g/mol. The summed E-state index contributed by atoms with van der Waals surface area (Å²) in [5.74, 6) is -7.29. The molecule has 0 spiro atoms. The summed E-state index contributed by atoms with van der Waals surface area (Å²) in [6.07, 6.45) is -0.978. The summed E-state index contributed by atoms with van der Waals surface area (Å²) >= 11 is 0. The Morgan fingerprint density at radius 1 is 0.630 bits per heavy atom. The molecule has 7 amide bonds. The Hall–Kier alpha value is -5.06. The van der Waals surface area contributed by atoms with E-state index in [-0.39, 0.29) is 18.8 Å². The van der Waals surface area contributed by atoms with E-state index in [0.717, 1.165) is 0 Å². The predicted molar refractivity (Wildman–Crippen MR) is 164 cm³/mol. The number of amides is 7. The number of carboxylic acid groups (broad SMARTS) is 1. The van der Waals surface area contributed by atoms with Gasteiger partial charge in [-0.15, -0.1) is 0 Å². The Morgan fingerprint density at radius 2 is 1.09 bits per heavy atom. The van der Waals surface area contributed by atoms with Crippen LogP contribution in [-0.2, 0) is 44.8 Å². The molecule has 0 aliphatic heterocycles. The molecule has 12 N–H and O–H groups in total. The number of hydrogen-bond acceptors (Lipinski definition) is 9. The maximum atomic E-state index is 13.0. The standard InChI is InChI=1S/C29H44N8O9/c1-14(2)10-19(36-26(42)18(30)12-22(31)38)27(43)34-15(3)24(40)33-16(4)25(41)35-20(11-17-8-6-5-7-9-17)28(44)37-21(29(45)46)13-23(32)39/h5-9,14-16,18-21H,10-13,30H2,1-4H3,(H2,31,38)(H2,32,39)(H,33,40)(H,34,43)(H,35,41)(H,36,42)(H,37,44)(H,45,46)/t15-,16-,18-,19-,20-,21-/m0/s1. The molecular formula is C29H44N8O9. The molecule has 0 fully saturated rings. The van der Waals surface area contributed by atoms with Crippen molar-refractivity contribution in [2.75, 3.05) is 0 Å². The molecule has 0 heterocycles. The van der Waals surface area contributed by atoms with Crippen molar-refractivity contribution in [2.24, 2.45) is 23.1 Å². The molecule has 0 unspecified atom stereocenters. The lowest BCUT2D eigenvalue weighted by atomic mass is 10.0. The quantitative estimate of drug-likeness (QED) is 0.0728. The third-order valence-corrected chi connectivity index (χ3v) is 6.54. The highest BCUT2D eigenvalue weighted by atomic mass is 16.4. The van der Waals surface area contributed by atoms with Crippen molar-refractivity contribution in [1.29, 1.82) is 0 Å². The number of hydrogen-bond donors (Lipinski definition) is 9. The summed E-state index contributed by atoms with van der Waals surface area (Å²) in [5, 5.41) is 21.4. The van der Waals surface area contributed by atoms with E-state index in [0.29, 0.717) is 5.56 Å². The predicted octanol–water partition coefficient (Wildman–Crippen LogP) is -3.10. The summed E-state index contributed by atoms with van der Waals surface area (Å²) < 4.78 is 0. The zero-order chi connectivity index (χ0) is 35.1. The second-order valence-corrected chi connectivity index (χ2v) is 11.2. The second kappa shape index (κ2) is 18.7. The van der Waals surface area contributed by atoms with Gasteiger partial charge in [-0.2, -0.15) is 0 Å². The van der Waals surface area contributed by atoms with Crippen LogP contribution in [0.3, 0.4) is 0 Å². The van der Waals surface area contributed by atoms with Gasteiger partial charge in [0.1, 0.15) is 30.2 Å². The van der Waals surface area contributed by atoms with Crippen LogP contribution in [0.1, 0.15) is 52.5 Å². The molecule has 254 valence electrons. The first-order valence-corrected chi connectivity index (χ1v) is 14.5. The number of carbonyl (C=O) groups is 8. The first-order chi connectivity index (χ1) is 21.4. The molecule has 1 aromatic rings. The van der Waals surface area contributed by atoms with Crippen LogP contribution in [0.25, 0.3) is 0 Å². The van der Waals surface area contributed by atoms with E-state index in [4.69, 9.17) is 17.2 Å². The number of benzene rings is 1. The van der Waals surface area contributed by atoms with Gasteiger partial charge in [0.15, 0.2) is 0 Å². The monoisotopic (exact) mass is 648 g/mol. The average Bonchev–Trinajstić information content (AvgIpc) is 2.95. The average molecular weight is 649 g/mol. The van der Waals surface area contributed by atoms with E-state index >= 15 is 0 Å². The van der Waals surface area contributed by atoms with Gasteiger partial charge in [-0.1, -0.05) is 44.2 Å². The number of primary amides is 2. The van der Waals surface area contributed by atoms with Crippen molar-refractivity contribution < 1.29 is 43.5 Å². The smallest absolute Gasteiger partial charge is 0.326 e. The van der Waals surface area contributed by atoms with Crippen LogP contribution in [-0.4, -0.2) is 88.7 Å². The fourth-order valence-electron chi connectivity index (χ4n) is 4.10. The fraction of sp³-hybridized carbons (Fsp3) is 0.517. The van der Waals surface area contributed by atoms with Crippen LogP contribution in [0.5, 0.6) is 0 Å². The Morgan fingerprint density at radius 3 is 1.59 bits per heavy atom. The zero-order valence-electron chi connectivity index (χ0n) is 26.2. The minimum atomic E-state index is -1.63. The van der Waals surface area contributed by atoms with Crippen LogP contribution in [0.2, 0.25) is 0 Å². The summed E-state index contributed by atoms with van der Waals surface area (Å²) in [7, 11) is 0. The van der Waals surface area contributed by atoms with Crippen LogP contribution >= 0.6 is 0 Å². The molecule has 0 aliphatic rings. The number of nitrogens with one attached hydrogen (secondary N) is 5. The number of aliphatic carboxylic acids is 1.